The molecule has 6 nitrogen and oxygen atoms in total. The fraction of sp³-hybridized carbons (Fsp3) is 0.267. The van der Waals surface area contributed by atoms with Crippen LogP contribution in [0.25, 0.3) is 11.4 Å². The average molecular weight is 281 g/mol. The third-order valence-corrected chi connectivity index (χ3v) is 3.96. The van der Waals surface area contributed by atoms with Crippen LogP contribution in [0.2, 0.25) is 0 Å². The molecule has 1 aliphatic rings. The number of benzene rings is 1. The zero-order chi connectivity index (χ0) is 14.4. The molecule has 0 N–H and O–H groups in total. The van der Waals surface area contributed by atoms with E-state index in [9.17, 15) is 0 Å². The van der Waals surface area contributed by atoms with Crippen molar-refractivity contribution in [3.05, 3.63) is 47.5 Å². The molecule has 21 heavy (non-hydrogen) atoms. The summed E-state index contributed by atoms with van der Waals surface area (Å²) in [5.74, 6) is 2.59. The van der Waals surface area contributed by atoms with Crippen LogP contribution in [0.5, 0.6) is 5.75 Å². The first-order valence-corrected chi connectivity index (χ1v) is 6.86. The van der Waals surface area contributed by atoms with Gasteiger partial charge in [-0.25, -0.2) is 0 Å². The summed E-state index contributed by atoms with van der Waals surface area (Å²) in [4.78, 5) is 0. The summed E-state index contributed by atoms with van der Waals surface area (Å²) < 4.78 is 9.77. The van der Waals surface area contributed by atoms with Crippen LogP contribution in [-0.4, -0.2) is 24.5 Å². The molecule has 0 atom stereocenters. The number of hydrogen-bond donors (Lipinski definition) is 0. The molecule has 0 aliphatic carbocycles. The number of aromatic nitrogens is 5. The van der Waals surface area contributed by atoms with Gasteiger partial charge in [0.15, 0.2) is 11.6 Å². The SMILES string of the molecule is Cc1c(-c2nnc3n2Cc2ccccc2OC3)cnn1C. The van der Waals surface area contributed by atoms with Gasteiger partial charge in [-0.1, -0.05) is 18.2 Å². The zero-order valence-corrected chi connectivity index (χ0v) is 11.9. The van der Waals surface area contributed by atoms with Gasteiger partial charge in [0.2, 0.25) is 0 Å². The second kappa shape index (κ2) is 4.44. The van der Waals surface area contributed by atoms with Crippen molar-refractivity contribution >= 4 is 0 Å². The molecule has 3 aromatic rings. The number of hydrogen-bond acceptors (Lipinski definition) is 4. The zero-order valence-electron chi connectivity index (χ0n) is 11.9. The normalized spacial score (nSPS) is 13.2. The van der Waals surface area contributed by atoms with Crippen molar-refractivity contribution in [3.8, 4) is 17.1 Å². The second-order valence-electron chi connectivity index (χ2n) is 5.19. The van der Waals surface area contributed by atoms with Gasteiger partial charge in [-0.05, 0) is 13.0 Å². The number of rotatable bonds is 1. The van der Waals surface area contributed by atoms with Gasteiger partial charge >= 0.3 is 0 Å². The van der Waals surface area contributed by atoms with E-state index in [0.29, 0.717) is 13.2 Å². The van der Waals surface area contributed by atoms with Crippen LogP contribution in [-0.2, 0) is 20.2 Å². The largest absolute Gasteiger partial charge is 0.485 e. The number of fused-ring (bicyclic) bond motifs is 2. The lowest BCUT2D eigenvalue weighted by atomic mass is 10.2. The molecule has 3 heterocycles. The summed E-state index contributed by atoms with van der Waals surface area (Å²) in [6.07, 6.45) is 1.84. The molecule has 0 spiro atoms. The van der Waals surface area contributed by atoms with Gasteiger partial charge in [-0.15, -0.1) is 10.2 Å². The van der Waals surface area contributed by atoms with Crippen LogP contribution >= 0.6 is 0 Å². The maximum atomic E-state index is 5.82. The fourth-order valence-corrected chi connectivity index (χ4v) is 2.61. The Morgan fingerprint density at radius 2 is 2.05 bits per heavy atom. The topological polar surface area (TPSA) is 57.8 Å². The van der Waals surface area contributed by atoms with Crippen molar-refractivity contribution in [3.63, 3.8) is 0 Å². The van der Waals surface area contributed by atoms with Crippen molar-refractivity contribution in [1.29, 1.82) is 0 Å². The minimum atomic E-state index is 0.434. The van der Waals surface area contributed by atoms with Crippen molar-refractivity contribution in [2.45, 2.75) is 20.1 Å². The van der Waals surface area contributed by atoms with Crippen molar-refractivity contribution < 1.29 is 4.74 Å². The highest BCUT2D eigenvalue weighted by atomic mass is 16.5. The minimum absolute atomic E-state index is 0.434. The average Bonchev–Trinajstić information content (AvgIpc) is 2.97. The molecule has 1 aliphatic heterocycles. The van der Waals surface area contributed by atoms with E-state index in [2.05, 4.69) is 25.9 Å². The Morgan fingerprint density at radius 1 is 1.19 bits per heavy atom. The molecule has 0 amide bonds. The van der Waals surface area contributed by atoms with E-state index in [4.69, 9.17) is 4.74 Å². The second-order valence-corrected chi connectivity index (χ2v) is 5.19. The minimum Gasteiger partial charge on any atom is -0.485 e. The van der Waals surface area contributed by atoms with Gasteiger partial charge in [0.25, 0.3) is 0 Å². The standard InChI is InChI=1S/C15H15N5O/c1-10-12(7-16-19(10)2)15-18-17-14-9-21-13-6-4-3-5-11(13)8-20(14)15/h3-7H,8-9H2,1-2H3. The van der Waals surface area contributed by atoms with Gasteiger partial charge in [0, 0.05) is 18.3 Å². The number of para-hydroxylation sites is 1. The number of nitrogens with zero attached hydrogens (tertiary/aromatic N) is 5. The Hall–Kier alpha value is -2.63. The van der Waals surface area contributed by atoms with E-state index in [-0.39, 0.29) is 0 Å². The number of ether oxygens (including phenoxy) is 1. The Labute approximate surface area is 122 Å². The van der Waals surface area contributed by atoms with Crippen LogP contribution in [0.3, 0.4) is 0 Å². The lowest BCUT2D eigenvalue weighted by Crippen LogP contribution is -2.05. The predicted molar refractivity (Wildman–Crippen MR) is 76.8 cm³/mol. The molecule has 4 rings (SSSR count). The molecule has 0 saturated carbocycles. The van der Waals surface area contributed by atoms with Crippen molar-refractivity contribution in [2.75, 3.05) is 0 Å². The molecule has 0 radical (unpaired) electrons. The predicted octanol–water partition coefficient (Wildman–Crippen LogP) is 1.93. The number of aryl methyl sites for hydroxylation is 1. The maximum absolute atomic E-state index is 5.82. The summed E-state index contributed by atoms with van der Waals surface area (Å²) in [5, 5.41) is 12.9. The van der Waals surface area contributed by atoms with Gasteiger partial charge in [-0.3, -0.25) is 4.68 Å². The highest BCUT2D eigenvalue weighted by molar-refractivity contribution is 5.58. The van der Waals surface area contributed by atoms with Gasteiger partial charge in [0.05, 0.1) is 18.3 Å². The molecule has 1 aromatic carbocycles. The highest BCUT2D eigenvalue weighted by Gasteiger charge is 2.21. The first kappa shape index (κ1) is 12.1. The van der Waals surface area contributed by atoms with Gasteiger partial charge < -0.3 is 9.30 Å². The Bertz CT molecular complexity index is 817. The molecule has 2 aromatic heterocycles. The summed E-state index contributed by atoms with van der Waals surface area (Å²) in [7, 11) is 1.93. The van der Waals surface area contributed by atoms with Gasteiger partial charge in [-0.2, -0.15) is 5.10 Å². The molecular formula is C15H15N5O. The molecule has 0 fully saturated rings. The van der Waals surface area contributed by atoms with E-state index in [1.54, 1.807) is 0 Å². The van der Waals surface area contributed by atoms with Crippen LogP contribution in [0.4, 0.5) is 0 Å². The molecule has 106 valence electrons. The highest BCUT2D eigenvalue weighted by Crippen LogP contribution is 2.28. The monoisotopic (exact) mass is 281 g/mol. The van der Waals surface area contributed by atoms with Crippen LogP contribution in [0.15, 0.2) is 30.5 Å². The van der Waals surface area contributed by atoms with E-state index in [1.807, 2.05) is 43.0 Å². The summed E-state index contributed by atoms with van der Waals surface area (Å²) in [5.41, 5.74) is 3.22. The Morgan fingerprint density at radius 3 is 2.86 bits per heavy atom. The quantitative estimate of drug-likeness (QED) is 0.684. The first-order chi connectivity index (χ1) is 10.2. The summed E-state index contributed by atoms with van der Waals surface area (Å²) in [6.45, 7) is 3.18. The molecule has 6 heteroatoms. The Balaban J connectivity index is 1.85. The van der Waals surface area contributed by atoms with Crippen LogP contribution < -0.4 is 4.74 Å². The lowest BCUT2D eigenvalue weighted by Gasteiger charge is -2.07. The summed E-state index contributed by atoms with van der Waals surface area (Å²) in [6, 6.07) is 8.07. The lowest BCUT2D eigenvalue weighted by molar-refractivity contribution is 0.297. The molecule has 0 saturated heterocycles. The first-order valence-electron chi connectivity index (χ1n) is 6.86. The van der Waals surface area contributed by atoms with E-state index < -0.39 is 0 Å². The van der Waals surface area contributed by atoms with E-state index in [1.165, 1.54) is 0 Å². The molecule has 0 unspecified atom stereocenters. The molecule has 0 bridgehead atoms. The smallest absolute Gasteiger partial charge is 0.171 e. The maximum Gasteiger partial charge on any atom is 0.171 e. The summed E-state index contributed by atoms with van der Waals surface area (Å²) >= 11 is 0. The van der Waals surface area contributed by atoms with Crippen LogP contribution in [0, 0.1) is 6.92 Å². The molecular weight excluding hydrogens is 266 g/mol. The third-order valence-electron chi connectivity index (χ3n) is 3.96. The van der Waals surface area contributed by atoms with Crippen LogP contribution in [0.1, 0.15) is 17.1 Å². The van der Waals surface area contributed by atoms with Crippen molar-refractivity contribution in [1.82, 2.24) is 24.5 Å². The fourth-order valence-electron chi connectivity index (χ4n) is 2.61. The van der Waals surface area contributed by atoms with Crippen molar-refractivity contribution in [2.24, 2.45) is 7.05 Å². The Kier molecular flexibility index (Phi) is 2.57. The third kappa shape index (κ3) is 1.83. The van der Waals surface area contributed by atoms with E-state index in [0.717, 1.165) is 34.2 Å². The van der Waals surface area contributed by atoms with Gasteiger partial charge in [0.1, 0.15) is 12.4 Å². The van der Waals surface area contributed by atoms with E-state index >= 15 is 0 Å².